The summed E-state index contributed by atoms with van der Waals surface area (Å²) in [6.45, 7) is 8.95. The Bertz CT molecular complexity index is 621. The van der Waals surface area contributed by atoms with Crippen molar-refractivity contribution in [2.45, 2.75) is 52.7 Å². The number of hydrogen-bond donors (Lipinski definition) is 1. The van der Waals surface area contributed by atoms with E-state index < -0.39 is 28.6 Å². The van der Waals surface area contributed by atoms with Gasteiger partial charge in [0.25, 0.3) is 5.69 Å². The molecule has 0 radical (unpaired) electrons. The van der Waals surface area contributed by atoms with Gasteiger partial charge in [-0.25, -0.2) is 9.59 Å². The average molecular weight is 352 g/mol. The summed E-state index contributed by atoms with van der Waals surface area (Å²) in [6.07, 6.45) is -0.174. The van der Waals surface area contributed by atoms with Gasteiger partial charge >= 0.3 is 12.1 Å². The predicted octanol–water partition coefficient (Wildman–Crippen LogP) is 3.44. The average Bonchev–Trinajstić information content (AvgIpc) is 2.50. The van der Waals surface area contributed by atoms with Gasteiger partial charge in [0.05, 0.1) is 4.92 Å². The van der Waals surface area contributed by atoms with Crippen molar-refractivity contribution in [3.05, 3.63) is 34.4 Å². The smallest absolute Gasteiger partial charge is 0.413 e. The molecule has 0 aliphatic carbocycles. The van der Waals surface area contributed by atoms with E-state index in [2.05, 4.69) is 5.32 Å². The van der Waals surface area contributed by atoms with Gasteiger partial charge in [-0.3, -0.25) is 10.1 Å². The van der Waals surface area contributed by atoms with Crippen molar-refractivity contribution in [2.75, 3.05) is 0 Å². The summed E-state index contributed by atoms with van der Waals surface area (Å²) < 4.78 is 10.4. The van der Waals surface area contributed by atoms with Crippen molar-refractivity contribution in [1.82, 2.24) is 5.32 Å². The number of benzene rings is 1. The number of carbonyl (C=O) groups excluding carboxylic acids is 2. The Labute approximate surface area is 146 Å². The first kappa shape index (κ1) is 20.4. The van der Waals surface area contributed by atoms with Crippen LogP contribution in [0.5, 0.6) is 5.75 Å². The van der Waals surface area contributed by atoms with E-state index in [1.165, 1.54) is 24.3 Å². The van der Waals surface area contributed by atoms with E-state index in [9.17, 15) is 19.7 Å². The van der Waals surface area contributed by atoms with Gasteiger partial charge in [0.15, 0.2) is 0 Å². The Kier molecular flexibility index (Phi) is 6.90. The molecule has 138 valence electrons. The number of carbonyl (C=O) groups is 2. The van der Waals surface area contributed by atoms with Crippen LogP contribution in [0.4, 0.5) is 10.5 Å². The highest BCUT2D eigenvalue weighted by molar-refractivity contribution is 5.82. The molecule has 0 saturated heterocycles. The van der Waals surface area contributed by atoms with Gasteiger partial charge in [0.1, 0.15) is 17.4 Å². The SMILES string of the molecule is CC[C@H](C)[C@H](NC(=O)Oc1ccc([N+](=O)[O-])cc1)C(=O)OC(C)(C)C. The van der Waals surface area contributed by atoms with Crippen molar-refractivity contribution in [1.29, 1.82) is 0 Å². The number of esters is 1. The molecule has 0 unspecified atom stereocenters. The summed E-state index contributed by atoms with van der Waals surface area (Å²) in [6, 6.07) is 4.22. The van der Waals surface area contributed by atoms with E-state index in [1.54, 1.807) is 20.8 Å². The predicted molar refractivity (Wildman–Crippen MR) is 91.3 cm³/mol. The number of nitro benzene ring substituents is 1. The first-order chi connectivity index (χ1) is 11.5. The zero-order chi connectivity index (χ0) is 19.2. The molecule has 0 aliphatic rings. The molecule has 1 amide bonds. The van der Waals surface area contributed by atoms with Crippen LogP contribution in [-0.2, 0) is 9.53 Å². The van der Waals surface area contributed by atoms with Gasteiger partial charge in [-0.2, -0.15) is 0 Å². The highest BCUT2D eigenvalue weighted by atomic mass is 16.6. The molecule has 0 heterocycles. The Morgan fingerprint density at radius 2 is 1.80 bits per heavy atom. The van der Waals surface area contributed by atoms with Crippen LogP contribution in [0.2, 0.25) is 0 Å². The van der Waals surface area contributed by atoms with Crippen LogP contribution in [-0.4, -0.2) is 28.6 Å². The Morgan fingerprint density at radius 1 is 1.24 bits per heavy atom. The van der Waals surface area contributed by atoms with Gasteiger partial charge < -0.3 is 14.8 Å². The normalized spacial score (nSPS) is 13.5. The molecule has 2 atom stereocenters. The molecule has 0 bridgehead atoms. The van der Waals surface area contributed by atoms with E-state index in [1.807, 2.05) is 13.8 Å². The zero-order valence-electron chi connectivity index (χ0n) is 15.1. The summed E-state index contributed by atoms with van der Waals surface area (Å²) in [7, 11) is 0. The fraction of sp³-hybridized carbons (Fsp3) is 0.529. The van der Waals surface area contributed by atoms with Crippen molar-refractivity contribution < 1.29 is 24.0 Å². The third-order valence-electron chi connectivity index (χ3n) is 3.41. The molecule has 25 heavy (non-hydrogen) atoms. The second kappa shape index (κ2) is 8.46. The summed E-state index contributed by atoms with van der Waals surface area (Å²) in [4.78, 5) is 34.4. The van der Waals surface area contributed by atoms with E-state index in [0.717, 1.165) is 0 Å². The third-order valence-corrected chi connectivity index (χ3v) is 3.41. The minimum atomic E-state index is -0.852. The lowest BCUT2D eigenvalue weighted by molar-refractivity contribution is -0.384. The largest absolute Gasteiger partial charge is 0.458 e. The van der Waals surface area contributed by atoms with Crippen LogP contribution in [0.1, 0.15) is 41.0 Å². The van der Waals surface area contributed by atoms with Crippen molar-refractivity contribution in [2.24, 2.45) is 5.92 Å². The van der Waals surface area contributed by atoms with Crippen LogP contribution in [0, 0.1) is 16.0 Å². The molecule has 8 nitrogen and oxygen atoms in total. The molecule has 1 N–H and O–H groups in total. The summed E-state index contributed by atoms with van der Waals surface area (Å²) in [5, 5.41) is 13.1. The second-order valence-electron chi connectivity index (χ2n) is 6.68. The maximum absolute atomic E-state index is 12.3. The van der Waals surface area contributed by atoms with Crippen molar-refractivity contribution >= 4 is 17.7 Å². The highest BCUT2D eigenvalue weighted by Gasteiger charge is 2.31. The van der Waals surface area contributed by atoms with Crippen LogP contribution in [0.3, 0.4) is 0 Å². The maximum atomic E-state index is 12.3. The molecule has 0 saturated carbocycles. The third kappa shape index (κ3) is 6.78. The molecule has 0 aliphatic heterocycles. The lowest BCUT2D eigenvalue weighted by Gasteiger charge is -2.27. The first-order valence-corrected chi connectivity index (χ1v) is 7.99. The fourth-order valence-corrected chi connectivity index (χ4v) is 1.93. The van der Waals surface area contributed by atoms with Gasteiger partial charge in [-0.05, 0) is 38.8 Å². The second-order valence-corrected chi connectivity index (χ2v) is 6.68. The monoisotopic (exact) mass is 352 g/mol. The standard InChI is InChI=1S/C17H24N2O6/c1-6-11(2)14(15(20)25-17(3,4)5)18-16(21)24-13-9-7-12(8-10-13)19(22)23/h7-11,14H,6H2,1-5H3,(H,18,21)/t11-,14-/m0/s1. The Balaban J connectivity index is 2.77. The lowest BCUT2D eigenvalue weighted by Crippen LogP contribution is -2.48. The van der Waals surface area contributed by atoms with E-state index in [4.69, 9.17) is 9.47 Å². The number of amides is 1. The lowest BCUT2D eigenvalue weighted by atomic mass is 9.99. The first-order valence-electron chi connectivity index (χ1n) is 7.99. The van der Waals surface area contributed by atoms with E-state index in [-0.39, 0.29) is 17.4 Å². The van der Waals surface area contributed by atoms with Crippen LogP contribution in [0.25, 0.3) is 0 Å². The molecular weight excluding hydrogens is 328 g/mol. The van der Waals surface area contributed by atoms with Gasteiger partial charge in [-0.15, -0.1) is 0 Å². The molecule has 8 heteroatoms. The number of nitro groups is 1. The molecule has 1 aromatic rings. The van der Waals surface area contributed by atoms with Gasteiger partial charge in [0, 0.05) is 12.1 Å². The summed E-state index contributed by atoms with van der Waals surface area (Å²) in [5.74, 6) is -0.558. The minimum absolute atomic E-state index is 0.112. The minimum Gasteiger partial charge on any atom is -0.458 e. The number of ether oxygens (including phenoxy) is 2. The number of non-ortho nitro benzene ring substituents is 1. The zero-order valence-corrected chi connectivity index (χ0v) is 15.1. The van der Waals surface area contributed by atoms with Gasteiger partial charge in [-0.1, -0.05) is 20.3 Å². The molecule has 0 aromatic heterocycles. The highest BCUT2D eigenvalue weighted by Crippen LogP contribution is 2.18. The molecule has 0 fully saturated rings. The van der Waals surface area contributed by atoms with Crippen LogP contribution in [0.15, 0.2) is 24.3 Å². The fourth-order valence-electron chi connectivity index (χ4n) is 1.93. The topological polar surface area (TPSA) is 108 Å². The Morgan fingerprint density at radius 3 is 2.24 bits per heavy atom. The van der Waals surface area contributed by atoms with Crippen LogP contribution < -0.4 is 10.1 Å². The van der Waals surface area contributed by atoms with E-state index in [0.29, 0.717) is 6.42 Å². The van der Waals surface area contributed by atoms with Crippen LogP contribution >= 0.6 is 0 Å². The molecule has 1 aromatic carbocycles. The Hall–Kier alpha value is -2.64. The molecule has 1 rings (SSSR count). The van der Waals surface area contributed by atoms with Gasteiger partial charge in [0.2, 0.25) is 0 Å². The van der Waals surface area contributed by atoms with E-state index >= 15 is 0 Å². The summed E-state index contributed by atoms with van der Waals surface area (Å²) in [5.41, 5.74) is -0.786. The molecular formula is C17H24N2O6. The quantitative estimate of drug-likeness (QED) is 0.477. The summed E-state index contributed by atoms with van der Waals surface area (Å²) >= 11 is 0. The number of nitrogens with zero attached hydrogens (tertiary/aromatic N) is 1. The van der Waals surface area contributed by atoms with Crippen molar-refractivity contribution in [3.63, 3.8) is 0 Å². The number of hydrogen-bond acceptors (Lipinski definition) is 6. The molecule has 0 spiro atoms. The maximum Gasteiger partial charge on any atom is 0.413 e. The van der Waals surface area contributed by atoms with Crippen molar-refractivity contribution in [3.8, 4) is 5.75 Å². The number of rotatable bonds is 6. The number of nitrogens with one attached hydrogen (secondary N) is 1.